The molecule has 2 bridgehead atoms. The number of alkyl carbamates (subject to hydrolysis) is 1. The SMILES string of the molecule is O=C(N[C@@H](c1ccccc1)c1cccc(OCc2cccc(CNCC(O)c3ccc(O)c4[nH]c(=O)ccc34)c2)c1)OC1CN2CCC1CC2. The molecule has 3 fully saturated rings. The molecule has 5 aromatic rings. The summed E-state index contributed by atoms with van der Waals surface area (Å²) in [6.07, 6.45) is 0.817. The predicted molar refractivity (Wildman–Crippen MR) is 191 cm³/mol. The second-order valence-corrected chi connectivity index (χ2v) is 13.2. The number of carbonyl (C=O) groups excluding carboxylic acids is 1. The Morgan fingerprint density at radius 1 is 0.900 bits per heavy atom. The van der Waals surface area contributed by atoms with Gasteiger partial charge in [-0.25, -0.2) is 4.79 Å². The van der Waals surface area contributed by atoms with Crippen LogP contribution < -0.4 is 20.9 Å². The van der Waals surface area contributed by atoms with Crippen molar-refractivity contribution < 1.29 is 24.5 Å². The zero-order chi connectivity index (χ0) is 34.5. The quantitative estimate of drug-likeness (QED) is 0.116. The molecule has 258 valence electrons. The van der Waals surface area contributed by atoms with Crippen LogP contribution in [0.5, 0.6) is 11.5 Å². The Labute approximate surface area is 290 Å². The second kappa shape index (κ2) is 15.2. The smallest absolute Gasteiger partial charge is 0.408 e. The number of amides is 1. The highest BCUT2D eigenvalue weighted by atomic mass is 16.6. The van der Waals surface area contributed by atoms with Crippen molar-refractivity contribution in [2.75, 3.05) is 26.2 Å². The van der Waals surface area contributed by atoms with Crippen LogP contribution in [0.1, 0.15) is 52.8 Å². The molecule has 0 spiro atoms. The summed E-state index contributed by atoms with van der Waals surface area (Å²) < 4.78 is 12.2. The van der Waals surface area contributed by atoms with E-state index >= 15 is 0 Å². The average Bonchev–Trinajstić information content (AvgIpc) is 3.14. The van der Waals surface area contributed by atoms with Crippen molar-refractivity contribution in [3.8, 4) is 11.5 Å². The van der Waals surface area contributed by atoms with Crippen LogP contribution in [0.3, 0.4) is 0 Å². The van der Waals surface area contributed by atoms with Crippen molar-refractivity contribution in [3.05, 3.63) is 141 Å². The molecule has 1 amide bonds. The number of phenols is 1. The van der Waals surface area contributed by atoms with Gasteiger partial charge in [0.15, 0.2) is 0 Å². The minimum atomic E-state index is -0.848. The second-order valence-electron chi connectivity index (χ2n) is 13.2. The van der Waals surface area contributed by atoms with E-state index in [1.807, 2.05) is 72.8 Å². The van der Waals surface area contributed by atoms with Gasteiger partial charge in [0.2, 0.25) is 5.56 Å². The van der Waals surface area contributed by atoms with Crippen LogP contribution in [0, 0.1) is 5.92 Å². The predicted octanol–water partition coefficient (Wildman–Crippen LogP) is 5.55. The summed E-state index contributed by atoms with van der Waals surface area (Å²) in [5, 5.41) is 28.1. The minimum absolute atomic E-state index is 0.0420. The molecule has 50 heavy (non-hydrogen) atoms. The van der Waals surface area contributed by atoms with Gasteiger partial charge in [0.05, 0.1) is 17.7 Å². The van der Waals surface area contributed by atoms with Crippen molar-refractivity contribution >= 4 is 17.0 Å². The topological polar surface area (TPSA) is 136 Å². The Morgan fingerprint density at radius 3 is 2.48 bits per heavy atom. The van der Waals surface area contributed by atoms with Gasteiger partial charge in [-0.3, -0.25) is 9.69 Å². The molecule has 4 aromatic carbocycles. The van der Waals surface area contributed by atoms with Crippen molar-refractivity contribution in [3.63, 3.8) is 0 Å². The number of piperidine rings is 3. The van der Waals surface area contributed by atoms with E-state index in [9.17, 15) is 19.8 Å². The molecule has 10 heteroatoms. The van der Waals surface area contributed by atoms with Gasteiger partial charge in [0, 0.05) is 31.1 Å². The monoisotopic (exact) mass is 674 g/mol. The Hall–Kier alpha value is -5.16. The van der Waals surface area contributed by atoms with E-state index in [0.717, 1.165) is 54.7 Å². The van der Waals surface area contributed by atoms with Gasteiger partial charge in [0.1, 0.15) is 24.2 Å². The molecule has 4 heterocycles. The molecule has 0 saturated carbocycles. The molecule has 1 aromatic heterocycles. The normalized spacial score (nSPS) is 19.5. The van der Waals surface area contributed by atoms with E-state index < -0.39 is 18.2 Å². The number of aliphatic hydroxyl groups excluding tert-OH is 1. The fourth-order valence-corrected chi connectivity index (χ4v) is 7.13. The summed E-state index contributed by atoms with van der Waals surface area (Å²) in [6.45, 7) is 4.12. The highest BCUT2D eigenvalue weighted by Crippen LogP contribution is 2.31. The number of nitrogens with one attached hydrogen (secondary N) is 3. The first-order chi connectivity index (χ1) is 24.4. The van der Waals surface area contributed by atoms with Crippen LogP contribution in [0.25, 0.3) is 10.9 Å². The van der Waals surface area contributed by atoms with Gasteiger partial charge >= 0.3 is 6.09 Å². The highest BCUT2D eigenvalue weighted by molar-refractivity contribution is 5.87. The molecule has 2 unspecified atom stereocenters. The van der Waals surface area contributed by atoms with Gasteiger partial charge in [-0.15, -0.1) is 0 Å². The summed E-state index contributed by atoms with van der Waals surface area (Å²) in [5.74, 6) is 1.07. The van der Waals surface area contributed by atoms with E-state index in [1.165, 1.54) is 12.1 Å². The number of rotatable bonds is 12. The van der Waals surface area contributed by atoms with Crippen LogP contribution in [-0.2, 0) is 17.9 Å². The molecular formula is C40H42N4O6. The van der Waals surface area contributed by atoms with Gasteiger partial charge in [0.25, 0.3) is 0 Å². The number of aromatic hydroxyl groups is 1. The molecule has 3 saturated heterocycles. The Kier molecular flexibility index (Phi) is 10.1. The molecule has 5 N–H and O–H groups in total. The number of ether oxygens (including phenoxy) is 2. The molecular weight excluding hydrogens is 632 g/mol. The number of hydrogen-bond donors (Lipinski definition) is 5. The number of pyridine rings is 1. The summed E-state index contributed by atoms with van der Waals surface area (Å²) in [7, 11) is 0. The third-order valence-corrected chi connectivity index (χ3v) is 9.77. The maximum atomic E-state index is 13.2. The van der Waals surface area contributed by atoms with Crippen LogP contribution in [0.2, 0.25) is 0 Å². The van der Waals surface area contributed by atoms with Crippen molar-refractivity contribution in [2.45, 2.75) is 44.2 Å². The number of phenolic OH excluding ortho intramolecular Hbond substituents is 1. The van der Waals surface area contributed by atoms with E-state index in [1.54, 1.807) is 12.1 Å². The van der Waals surface area contributed by atoms with Crippen LogP contribution in [0.15, 0.2) is 108 Å². The lowest BCUT2D eigenvalue weighted by molar-refractivity contribution is -0.0336. The molecule has 3 aliphatic heterocycles. The van der Waals surface area contributed by atoms with Crippen molar-refractivity contribution in [1.82, 2.24) is 20.5 Å². The van der Waals surface area contributed by atoms with Gasteiger partial charge in [-0.05, 0) is 83.9 Å². The van der Waals surface area contributed by atoms with E-state index in [-0.39, 0.29) is 24.0 Å². The Balaban J connectivity index is 0.966. The molecule has 8 rings (SSSR count). The molecule has 3 atom stereocenters. The maximum Gasteiger partial charge on any atom is 0.408 e. The zero-order valence-corrected chi connectivity index (χ0v) is 27.8. The molecule has 3 aliphatic rings. The number of aromatic nitrogens is 1. The highest BCUT2D eigenvalue weighted by Gasteiger charge is 2.37. The van der Waals surface area contributed by atoms with Crippen molar-refractivity contribution in [2.24, 2.45) is 5.92 Å². The van der Waals surface area contributed by atoms with E-state index in [4.69, 9.17) is 9.47 Å². The standard InChI is InChI=1S/C40H42N4O6/c45-34-14-12-32(33-13-15-37(47)42-39(33)34)35(46)23-41-22-26-6-4-7-27(20-26)25-49-31-11-5-10-30(21-31)38(29-8-2-1-3-9-29)43-40(48)50-36-24-44-18-16-28(36)17-19-44/h1-15,20-21,28,35-36,38,41,45-46H,16-19,22-25H2,(H,42,47)(H,43,48)/t35?,36?,38-/m0/s1. The molecule has 10 nitrogen and oxygen atoms in total. The number of aromatic amines is 1. The minimum Gasteiger partial charge on any atom is -0.506 e. The largest absolute Gasteiger partial charge is 0.506 e. The third kappa shape index (κ3) is 7.83. The van der Waals surface area contributed by atoms with Gasteiger partial charge in [-0.1, -0.05) is 72.8 Å². The summed E-state index contributed by atoms with van der Waals surface area (Å²) in [4.78, 5) is 30.0. The lowest BCUT2D eigenvalue weighted by atomic mass is 9.86. The number of fused-ring (bicyclic) bond motifs is 4. The summed E-state index contributed by atoms with van der Waals surface area (Å²) >= 11 is 0. The molecule has 0 radical (unpaired) electrons. The van der Waals surface area contributed by atoms with Crippen LogP contribution in [-0.4, -0.2) is 58.5 Å². The lowest BCUT2D eigenvalue weighted by Crippen LogP contribution is -2.52. The number of aliphatic hydroxyl groups is 1. The zero-order valence-electron chi connectivity index (χ0n) is 27.8. The fourth-order valence-electron chi connectivity index (χ4n) is 7.13. The number of H-pyrrole nitrogens is 1. The summed E-state index contributed by atoms with van der Waals surface area (Å²) in [6, 6.07) is 31.4. The first kappa shape index (κ1) is 33.3. The third-order valence-electron chi connectivity index (χ3n) is 9.77. The average molecular weight is 675 g/mol. The first-order valence-corrected chi connectivity index (χ1v) is 17.2. The number of nitrogens with zero attached hydrogens (tertiary/aromatic N) is 1. The van der Waals surface area contributed by atoms with Crippen molar-refractivity contribution in [1.29, 1.82) is 0 Å². The fraction of sp³-hybridized carbons (Fsp3) is 0.300. The maximum absolute atomic E-state index is 13.2. The number of hydrogen-bond acceptors (Lipinski definition) is 8. The van der Waals surface area contributed by atoms with Gasteiger partial charge < -0.3 is 35.3 Å². The lowest BCUT2D eigenvalue weighted by Gasteiger charge is -2.43. The Bertz CT molecular complexity index is 1990. The number of benzene rings is 4. The molecule has 0 aliphatic carbocycles. The van der Waals surface area contributed by atoms with Crippen LogP contribution >= 0.6 is 0 Å². The first-order valence-electron chi connectivity index (χ1n) is 17.2. The summed E-state index contributed by atoms with van der Waals surface area (Å²) in [5.41, 5.74) is 4.46. The Morgan fingerprint density at radius 2 is 1.68 bits per heavy atom. The van der Waals surface area contributed by atoms with E-state index in [0.29, 0.717) is 41.3 Å². The number of carbonyl (C=O) groups is 1. The van der Waals surface area contributed by atoms with E-state index in [2.05, 4.69) is 26.6 Å². The van der Waals surface area contributed by atoms with Crippen LogP contribution in [0.4, 0.5) is 4.79 Å². The van der Waals surface area contributed by atoms with Gasteiger partial charge in [-0.2, -0.15) is 0 Å².